The van der Waals surface area contributed by atoms with Gasteiger partial charge in [-0.25, -0.2) is 0 Å². The van der Waals surface area contributed by atoms with Gasteiger partial charge in [0.15, 0.2) is 0 Å². The van der Waals surface area contributed by atoms with Gasteiger partial charge in [-0.1, -0.05) is 0 Å². The number of aromatic amines is 1. The highest BCUT2D eigenvalue weighted by molar-refractivity contribution is 5.81. The third kappa shape index (κ3) is 2.63. The summed E-state index contributed by atoms with van der Waals surface area (Å²) >= 11 is 0. The van der Waals surface area contributed by atoms with Gasteiger partial charge in [0.2, 0.25) is 0 Å². The Morgan fingerprint density at radius 2 is 2.10 bits per heavy atom. The fourth-order valence-corrected chi connectivity index (χ4v) is 2.37. The van der Waals surface area contributed by atoms with Crippen molar-refractivity contribution in [3.8, 4) is 11.5 Å². The maximum atomic E-state index is 10.0. The number of fused-ring (bicyclic) bond motifs is 1. The van der Waals surface area contributed by atoms with Gasteiger partial charge in [-0.15, -0.1) is 0 Å². The Hall–Kier alpha value is -2.69. The fourth-order valence-electron chi connectivity index (χ4n) is 2.37. The SMILES string of the molecule is COc1ccc(O)c(C(C)Nc2ccc3[nH]ncc3c2)c1. The quantitative estimate of drug-likeness (QED) is 0.686. The van der Waals surface area contributed by atoms with Gasteiger partial charge < -0.3 is 15.2 Å². The molecule has 0 spiro atoms. The van der Waals surface area contributed by atoms with Crippen molar-refractivity contribution in [3.63, 3.8) is 0 Å². The predicted octanol–water partition coefficient (Wildman–Crippen LogP) is 3.45. The lowest BCUT2D eigenvalue weighted by Crippen LogP contribution is -2.07. The largest absolute Gasteiger partial charge is 0.508 e. The van der Waals surface area contributed by atoms with E-state index >= 15 is 0 Å². The van der Waals surface area contributed by atoms with Crippen LogP contribution in [0.1, 0.15) is 18.5 Å². The monoisotopic (exact) mass is 283 g/mol. The Balaban J connectivity index is 1.86. The number of ether oxygens (including phenoxy) is 1. The second-order valence-corrected chi connectivity index (χ2v) is 4.96. The zero-order valence-electron chi connectivity index (χ0n) is 11.9. The van der Waals surface area contributed by atoms with Crippen LogP contribution in [0, 0.1) is 0 Å². The summed E-state index contributed by atoms with van der Waals surface area (Å²) in [5, 5.41) is 21.4. The van der Waals surface area contributed by atoms with Crippen LogP contribution in [0.25, 0.3) is 10.9 Å². The molecule has 0 aliphatic carbocycles. The van der Waals surface area contributed by atoms with Crippen molar-refractivity contribution < 1.29 is 9.84 Å². The van der Waals surface area contributed by atoms with Gasteiger partial charge in [0.1, 0.15) is 11.5 Å². The van der Waals surface area contributed by atoms with Crippen LogP contribution in [0.15, 0.2) is 42.6 Å². The van der Waals surface area contributed by atoms with E-state index in [9.17, 15) is 5.11 Å². The number of phenols is 1. The van der Waals surface area contributed by atoms with Gasteiger partial charge in [-0.3, -0.25) is 5.10 Å². The summed E-state index contributed by atoms with van der Waals surface area (Å²) in [6.45, 7) is 1.99. The summed E-state index contributed by atoms with van der Waals surface area (Å²) in [4.78, 5) is 0. The average Bonchev–Trinajstić information content (AvgIpc) is 2.95. The minimum absolute atomic E-state index is 0.0514. The topological polar surface area (TPSA) is 70.2 Å². The standard InChI is InChI=1S/C16H17N3O2/c1-10(14-8-13(21-2)4-6-16(14)20)18-12-3-5-15-11(7-12)9-17-19-15/h3-10,18,20H,1-2H3,(H,17,19). The van der Waals surface area contributed by atoms with Crippen molar-refractivity contribution >= 4 is 16.6 Å². The highest BCUT2D eigenvalue weighted by Crippen LogP contribution is 2.31. The first-order valence-electron chi connectivity index (χ1n) is 6.74. The van der Waals surface area contributed by atoms with Crippen LogP contribution in [0.2, 0.25) is 0 Å². The molecule has 0 aliphatic rings. The minimum atomic E-state index is -0.0514. The fraction of sp³-hybridized carbons (Fsp3) is 0.188. The summed E-state index contributed by atoms with van der Waals surface area (Å²) in [6.07, 6.45) is 1.79. The van der Waals surface area contributed by atoms with Crippen LogP contribution >= 0.6 is 0 Å². The van der Waals surface area contributed by atoms with Crippen LogP contribution in [-0.4, -0.2) is 22.4 Å². The second-order valence-electron chi connectivity index (χ2n) is 4.96. The average molecular weight is 283 g/mol. The number of nitrogens with zero attached hydrogens (tertiary/aromatic N) is 1. The summed E-state index contributed by atoms with van der Waals surface area (Å²) in [5.41, 5.74) is 2.76. The molecule has 0 radical (unpaired) electrons. The molecule has 108 valence electrons. The molecule has 0 bridgehead atoms. The van der Waals surface area contributed by atoms with Crippen molar-refractivity contribution in [2.24, 2.45) is 0 Å². The van der Waals surface area contributed by atoms with Crippen molar-refractivity contribution in [2.75, 3.05) is 12.4 Å². The Morgan fingerprint density at radius 1 is 1.24 bits per heavy atom. The van der Waals surface area contributed by atoms with Crippen molar-refractivity contribution in [1.29, 1.82) is 0 Å². The number of benzene rings is 2. The van der Waals surface area contributed by atoms with Crippen LogP contribution < -0.4 is 10.1 Å². The van der Waals surface area contributed by atoms with E-state index in [2.05, 4.69) is 15.5 Å². The summed E-state index contributed by atoms with van der Waals surface area (Å²) < 4.78 is 5.21. The zero-order chi connectivity index (χ0) is 14.8. The number of phenolic OH excluding ortho intramolecular Hbond substituents is 1. The number of aromatic hydroxyl groups is 1. The highest BCUT2D eigenvalue weighted by atomic mass is 16.5. The molecular weight excluding hydrogens is 266 g/mol. The molecule has 21 heavy (non-hydrogen) atoms. The molecule has 1 unspecified atom stereocenters. The molecule has 0 saturated carbocycles. The van der Waals surface area contributed by atoms with E-state index in [0.717, 1.165) is 27.9 Å². The summed E-state index contributed by atoms with van der Waals surface area (Å²) in [6, 6.07) is 11.1. The number of hydrogen-bond donors (Lipinski definition) is 3. The summed E-state index contributed by atoms with van der Waals surface area (Å²) in [5.74, 6) is 0.974. The van der Waals surface area contributed by atoms with Crippen molar-refractivity contribution in [1.82, 2.24) is 10.2 Å². The maximum absolute atomic E-state index is 10.0. The van der Waals surface area contributed by atoms with Crippen molar-refractivity contribution in [2.45, 2.75) is 13.0 Å². The lowest BCUT2D eigenvalue weighted by atomic mass is 10.1. The van der Waals surface area contributed by atoms with E-state index in [-0.39, 0.29) is 11.8 Å². The molecular formula is C16H17N3O2. The minimum Gasteiger partial charge on any atom is -0.508 e. The Kier molecular flexibility index (Phi) is 3.39. The van der Waals surface area contributed by atoms with Crippen LogP contribution in [-0.2, 0) is 0 Å². The first-order chi connectivity index (χ1) is 10.2. The van der Waals surface area contributed by atoms with Crippen molar-refractivity contribution in [3.05, 3.63) is 48.2 Å². The van der Waals surface area contributed by atoms with Gasteiger partial charge in [0, 0.05) is 16.6 Å². The number of nitrogens with one attached hydrogen (secondary N) is 2. The first-order valence-corrected chi connectivity index (χ1v) is 6.74. The molecule has 2 aromatic carbocycles. The van der Waals surface area contributed by atoms with Gasteiger partial charge >= 0.3 is 0 Å². The predicted molar refractivity (Wildman–Crippen MR) is 82.8 cm³/mol. The van der Waals surface area contributed by atoms with E-state index in [4.69, 9.17) is 4.74 Å². The van der Waals surface area contributed by atoms with Crippen LogP contribution in [0.5, 0.6) is 11.5 Å². The second kappa shape index (κ2) is 5.36. The van der Waals surface area contributed by atoms with Crippen LogP contribution in [0.4, 0.5) is 5.69 Å². The van der Waals surface area contributed by atoms with Gasteiger partial charge in [0.05, 0.1) is 24.9 Å². The molecule has 1 heterocycles. The third-order valence-electron chi connectivity index (χ3n) is 3.52. The number of aromatic nitrogens is 2. The number of H-pyrrole nitrogens is 1. The maximum Gasteiger partial charge on any atom is 0.121 e. The Bertz CT molecular complexity index is 767. The van der Waals surface area contributed by atoms with Crippen LogP contribution in [0.3, 0.4) is 0 Å². The molecule has 3 rings (SSSR count). The molecule has 3 N–H and O–H groups in total. The molecule has 1 aromatic heterocycles. The normalized spacial score (nSPS) is 12.3. The van der Waals surface area contributed by atoms with E-state index in [1.165, 1.54) is 0 Å². The van der Waals surface area contributed by atoms with Gasteiger partial charge in [0.25, 0.3) is 0 Å². The van der Waals surface area contributed by atoms with E-state index in [1.54, 1.807) is 25.4 Å². The molecule has 5 nitrogen and oxygen atoms in total. The number of anilines is 1. The summed E-state index contributed by atoms with van der Waals surface area (Å²) in [7, 11) is 1.61. The number of rotatable bonds is 4. The van der Waals surface area contributed by atoms with Gasteiger partial charge in [-0.2, -0.15) is 5.10 Å². The Labute approximate surface area is 122 Å². The highest BCUT2D eigenvalue weighted by Gasteiger charge is 2.12. The molecule has 0 saturated heterocycles. The first kappa shape index (κ1) is 13.3. The number of hydrogen-bond acceptors (Lipinski definition) is 4. The van der Waals surface area contributed by atoms with E-state index < -0.39 is 0 Å². The zero-order valence-corrected chi connectivity index (χ0v) is 11.9. The molecule has 0 amide bonds. The smallest absolute Gasteiger partial charge is 0.121 e. The molecule has 0 fully saturated rings. The van der Waals surface area contributed by atoms with E-state index in [0.29, 0.717) is 0 Å². The molecule has 1 atom stereocenters. The molecule has 5 heteroatoms. The third-order valence-corrected chi connectivity index (χ3v) is 3.52. The molecule has 3 aromatic rings. The lowest BCUT2D eigenvalue weighted by Gasteiger charge is -2.17. The Morgan fingerprint density at radius 3 is 2.90 bits per heavy atom. The number of methoxy groups -OCH3 is 1. The molecule has 0 aliphatic heterocycles. The van der Waals surface area contributed by atoms with E-state index in [1.807, 2.05) is 31.2 Å². The van der Waals surface area contributed by atoms with Gasteiger partial charge in [-0.05, 0) is 43.3 Å². The lowest BCUT2D eigenvalue weighted by molar-refractivity contribution is 0.410.